The molecule has 0 aliphatic carbocycles. The van der Waals surface area contributed by atoms with Crippen molar-refractivity contribution < 1.29 is 9.53 Å². The van der Waals surface area contributed by atoms with E-state index in [1.165, 1.54) is 26.3 Å². The molecule has 5 nitrogen and oxygen atoms in total. The number of piperidine rings is 1. The average molecular weight is 299 g/mol. The van der Waals surface area contributed by atoms with Gasteiger partial charge in [-0.2, -0.15) is 5.26 Å². The van der Waals surface area contributed by atoms with Crippen molar-refractivity contribution in [2.75, 3.05) is 32.1 Å². The first-order valence-corrected chi connectivity index (χ1v) is 7.46. The molecule has 1 aromatic rings. The zero-order valence-corrected chi connectivity index (χ0v) is 13.1. The SMILES string of the molecule is CNC(=O)/C(C#N)=C\c1ccc(N2CCCCC2)cc1OC. The van der Waals surface area contributed by atoms with Crippen molar-refractivity contribution in [1.29, 1.82) is 5.26 Å². The molecule has 0 spiro atoms. The zero-order chi connectivity index (χ0) is 15.9. The van der Waals surface area contributed by atoms with E-state index >= 15 is 0 Å². The molecule has 1 aliphatic rings. The Bertz CT molecular complexity index is 611. The van der Waals surface area contributed by atoms with Crippen molar-refractivity contribution in [2.45, 2.75) is 19.3 Å². The smallest absolute Gasteiger partial charge is 0.261 e. The number of amides is 1. The Morgan fingerprint density at radius 2 is 2.09 bits per heavy atom. The van der Waals surface area contributed by atoms with Gasteiger partial charge in [-0.25, -0.2) is 0 Å². The lowest BCUT2D eigenvalue weighted by atomic mass is 10.1. The van der Waals surface area contributed by atoms with Gasteiger partial charge in [0.1, 0.15) is 17.4 Å². The normalized spacial score (nSPS) is 15.1. The number of nitrogens with one attached hydrogen (secondary N) is 1. The van der Waals surface area contributed by atoms with E-state index in [4.69, 9.17) is 10.00 Å². The summed E-state index contributed by atoms with van der Waals surface area (Å²) in [6.07, 6.45) is 5.25. The number of benzene rings is 1. The molecule has 2 rings (SSSR count). The van der Waals surface area contributed by atoms with E-state index in [1.807, 2.05) is 24.3 Å². The molecular formula is C17H21N3O2. The fourth-order valence-corrected chi connectivity index (χ4v) is 2.61. The molecule has 0 aromatic heterocycles. The number of carbonyl (C=O) groups excluding carboxylic acids is 1. The van der Waals surface area contributed by atoms with Crippen LogP contribution in [0.2, 0.25) is 0 Å². The summed E-state index contributed by atoms with van der Waals surface area (Å²) in [6.45, 7) is 2.11. The van der Waals surface area contributed by atoms with Crippen LogP contribution in [-0.4, -0.2) is 33.2 Å². The molecular weight excluding hydrogens is 278 g/mol. The van der Waals surface area contributed by atoms with E-state index in [-0.39, 0.29) is 5.57 Å². The Balaban J connectivity index is 2.31. The summed E-state index contributed by atoms with van der Waals surface area (Å²) in [5.41, 5.74) is 1.90. The number of nitrogens with zero attached hydrogens (tertiary/aromatic N) is 2. The van der Waals surface area contributed by atoms with Crippen LogP contribution in [0, 0.1) is 11.3 Å². The molecule has 1 amide bonds. The van der Waals surface area contributed by atoms with Gasteiger partial charge in [0.2, 0.25) is 0 Å². The summed E-state index contributed by atoms with van der Waals surface area (Å²) >= 11 is 0. The monoisotopic (exact) mass is 299 g/mol. The number of ether oxygens (including phenoxy) is 1. The highest BCUT2D eigenvalue weighted by atomic mass is 16.5. The molecule has 0 saturated carbocycles. The second-order valence-electron chi connectivity index (χ2n) is 5.22. The van der Waals surface area contributed by atoms with Gasteiger partial charge in [0, 0.05) is 37.5 Å². The lowest BCUT2D eigenvalue weighted by Gasteiger charge is -2.29. The standard InChI is InChI=1S/C17H21N3O2/c1-19-17(21)14(12-18)10-13-6-7-15(11-16(13)22-2)20-8-4-3-5-9-20/h6-7,10-11H,3-5,8-9H2,1-2H3,(H,19,21)/b14-10-. The van der Waals surface area contributed by atoms with Gasteiger partial charge in [-0.15, -0.1) is 0 Å². The summed E-state index contributed by atoms with van der Waals surface area (Å²) in [5, 5.41) is 11.5. The first-order chi connectivity index (χ1) is 10.7. The van der Waals surface area contributed by atoms with Crippen LogP contribution in [0.25, 0.3) is 6.08 Å². The van der Waals surface area contributed by atoms with Gasteiger partial charge in [0.25, 0.3) is 5.91 Å². The molecule has 116 valence electrons. The van der Waals surface area contributed by atoms with E-state index in [0.717, 1.165) is 24.3 Å². The lowest BCUT2D eigenvalue weighted by Crippen LogP contribution is -2.29. The summed E-state index contributed by atoms with van der Waals surface area (Å²) in [7, 11) is 3.10. The van der Waals surface area contributed by atoms with E-state index in [0.29, 0.717) is 5.75 Å². The number of likely N-dealkylation sites (N-methyl/N-ethyl adjacent to an activating group) is 1. The Labute approximate surface area is 131 Å². The molecule has 0 radical (unpaired) electrons. The van der Waals surface area contributed by atoms with Crippen molar-refractivity contribution in [1.82, 2.24) is 5.32 Å². The van der Waals surface area contributed by atoms with Crippen molar-refractivity contribution >= 4 is 17.7 Å². The molecule has 1 aromatic carbocycles. The van der Waals surface area contributed by atoms with Gasteiger partial charge in [0.15, 0.2) is 0 Å². The van der Waals surface area contributed by atoms with Gasteiger partial charge >= 0.3 is 0 Å². The highest BCUT2D eigenvalue weighted by molar-refractivity contribution is 6.01. The Kier molecular flexibility index (Phi) is 5.42. The molecule has 1 saturated heterocycles. The average Bonchev–Trinajstić information content (AvgIpc) is 2.59. The molecule has 1 aliphatic heterocycles. The lowest BCUT2D eigenvalue weighted by molar-refractivity contribution is -0.116. The van der Waals surface area contributed by atoms with Crippen LogP contribution >= 0.6 is 0 Å². The zero-order valence-electron chi connectivity index (χ0n) is 13.1. The van der Waals surface area contributed by atoms with E-state index in [1.54, 1.807) is 13.2 Å². The Hall–Kier alpha value is -2.48. The van der Waals surface area contributed by atoms with Crippen molar-refractivity contribution in [3.05, 3.63) is 29.3 Å². The molecule has 0 bridgehead atoms. The third-order valence-electron chi connectivity index (χ3n) is 3.83. The van der Waals surface area contributed by atoms with Gasteiger partial charge in [-0.1, -0.05) is 0 Å². The minimum Gasteiger partial charge on any atom is -0.496 e. The number of methoxy groups -OCH3 is 1. The second kappa shape index (κ2) is 7.51. The third kappa shape index (κ3) is 3.59. The maximum absolute atomic E-state index is 11.6. The van der Waals surface area contributed by atoms with Crippen LogP contribution in [0.4, 0.5) is 5.69 Å². The second-order valence-corrected chi connectivity index (χ2v) is 5.22. The maximum atomic E-state index is 11.6. The molecule has 0 atom stereocenters. The molecule has 0 unspecified atom stereocenters. The highest BCUT2D eigenvalue weighted by Gasteiger charge is 2.14. The van der Waals surface area contributed by atoms with E-state index in [9.17, 15) is 4.79 Å². The molecule has 22 heavy (non-hydrogen) atoms. The minimum absolute atomic E-state index is 0.0616. The van der Waals surface area contributed by atoms with Crippen LogP contribution in [-0.2, 0) is 4.79 Å². The minimum atomic E-state index is -0.398. The van der Waals surface area contributed by atoms with E-state index in [2.05, 4.69) is 10.2 Å². The van der Waals surface area contributed by atoms with Crippen LogP contribution in [0.3, 0.4) is 0 Å². The molecule has 1 fully saturated rings. The van der Waals surface area contributed by atoms with Crippen LogP contribution in [0.5, 0.6) is 5.75 Å². The van der Waals surface area contributed by atoms with Gasteiger partial charge in [-0.05, 0) is 37.5 Å². The van der Waals surface area contributed by atoms with Gasteiger partial charge < -0.3 is 15.0 Å². The fraction of sp³-hybridized carbons (Fsp3) is 0.412. The summed E-state index contributed by atoms with van der Waals surface area (Å²) in [6, 6.07) is 7.79. The molecule has 5 heteroatoms. The fourth-order valence-electron chi connectivity index (χ4n) is 2.61. The number of carbonyl (C=O) groups is 1. The highest BCUT2D eigenvalue weighted by Crippen LogP contribution is 2.29. The van der Waals surface area contributed by atoms with Crippen molar-refractivity contribution in [3.63, 3.8) is 0 Å². The number of hydrogen-bond acceptors (Lipinski definition) is 4. The largest absolute Gasteiger partial charge is 0.496 e. The van der Waals surface area contributed by atoms with Gasteiger partial charge in [-0.3, -0.25) is 4.79 Å². The number of nitriles is 1. The third-order valence-corrected chi connectivity index (χ3v) is 3.83. The molecule has 1 N–H and O–H groups in total. The Morgan fingerprint density at radius 1 is 1.36 bits per heavy atom. The summed E-state index contributed by atoms with van der Waals surface area (Å²) in [5.74, 6) is 0.268. The Morgan fingerprint density at radius 3 is 2.68 bits per heavy atom. The van der Waals surface area contributed by atoms with Crippen LogP contribution in [0.1, 0.15) is 24.8 Å². The summed E-state index contributed by atoms with van der Waals surface area (Å²) in [4.78, 5) is 13.9. The van der Waals surface area contributed by atoms with E-state index < -0.39 is 5.91 Å². The van der Waals surface area contributed by atoms with Crippen molar-refractivity contribution in [3.8, 4) is 11.8 Å². The topological polar surface area (TPSA) is 65.4 Å². The number of anilines is 1. The first kappa shape index (κ1) is 15.9. The van der Waals surface area contributed by atoms with Gasteiger partial charge in [0.05, 0.1) is 7.11 Å². The predicted molar refractivity (Wildman–Crippen MR) is 86.7 cm³/mol. The van der Waals surface area contributed by atoms with Crippen LogP contribution < -0.4 is 15.0 Å². The summed E-state index contributed by atoms with van der Waals surface area (Å²) < 4.78 is 5.42. The molecule has 1 heterocycles. The first-order valence-electron chi connectivity index (χ1n) is 7.46. The van der Waals surface area contributed by atoms with Crippen LogP contribution in [0.15, 0.2) is 23.8 Å². The maximum Gasteiger partial charge on any atom is 0.261 e. The quantitative estimate of drug-likeness (QED) is 0.684. The van der Waals surface area contributed by atoms with Crippen molar-refractivity contribution in [2.24, 2.45) is 0 Å². The number of hydrogen-bond donors (Lipinski definition) is 1. The number of rotatable bonds is 4. The predicted octanol–water partition coefficient (Wildman–Crippen LogP) is 2.34.